The van der Waals surface area contributed by atoms with Gasteiger partial charge in [-0.2, -0.15) is 0 Å². The third kappa shape index (κ3) is 2.73. The summed E-state index contributed by atoms with van der Waals surface area (Å²) in [5, 5.41) is 11.6. The number of anilines is 1. The van der Waals surface area contributed by atoms with E-state index in [0.29, 0.717) is 0 Å². The molecule has 0 aromatic heterocycles. The summed E-state index contributed by atoms with van der Waals surface area (Å²) in [4.78, 5) is 10.7. The van der Waals surface area contributed by atoms with Crippen molar-refractivity contribution in [3.8, 4) is 0 Å². The summed E-state index contributed by atoms with van der Waals surface area (Å²) in [6.45, 7) is 1.54. The van der Waals surface area contributed by atoms with E-state index in [1.165, 1.54) is 0 Å². The largest absolute Gasteiger partial charge is 0.479 e. The summed E-state index contributed by atoms with van der Waals surface area (Å²) in [5.41, 5.74) is 0.768. The predicted octanol–water partition coefficient (Wildman–Crippen LogP) is 2.29. The number of halogens is 1. The maximum Gasteiger partial charge on any atom is 0.340 e. The molecule has 0 spiro atoms. The van der Waals surface area contributed by atoms with Gasteiger partial charge in [0.2, 0.25) is 0 Å². The number of rotatable bonds is 3. The first kappa shape index (κ1) is 10.1. The number of hydrogen-bond acceptors (Lipinski definition) is 2. The second-order valence-electron chi connectivity index (χ2n) is 2.80. The average Bonchev–Trinajstić information content (AvgIpc) is 2.05. The second-order valence-corrected chi connectivity index (χ2v) is 4.39. The van der Waals surface area contributed by atoms with Crippen LogP contribution in [0.1, 0.15) is 6.92 Å². The Morgan fingerprint density at radius 2 is 2.00 bits per heavy atom. The average molecular weight is 244 g/mol. The molecule has 1 atom stereocenters. The van der Waals surface area contributed by atoms with Crippen molar-refractivity contribution in [3.63, 3.8) is 0 Å². The number of carboxylic acid groups (broad SMARTS) is 1. The van der Waals surface area contributed by atoms with E-state index in [-0.39, 0.29) is 0 Å². The van der Waals surface area contributed by atoms with Crippen LogP contribution in [0.4, 0.5) is 5.69 Å². The van der Waals surface area contributed by atoms with E-state index < -0.39 is 10.4 Å². The molecular formula is C9H10BrNO2. The number of para-hydroxylation sites is 1. The van der Waals surface area contributed by atoms with E-state index in [1.807, 2.05) is 30.3 Å². The highest BCUT2D eigenvalue weighted by atomic mass is 79.9. The van der Waals surface area contributed by atoms with E-state index in [4.69, 9.17) is 5.11 Å². The zero-order valence-electron chi connectivity index (χ0n) is 7.12. The van der Waals surface area contributed by atoms with Gasteiger partial charge in [-0.3, -0.25) is 0 Å². The Morgan fingerprint density at radius 1 is 1.46 bits per heavy atom. The fourth-order valence-electron chi connectivity index (χ4n) is 0.846. The Kier molecular flexibility index (Phi) is 2.93. The molecule has 0 saturated heterocycles. The molecule has 70 valence electrons. The molecule has 1 rings (SSSR count). The summed E-state index contributed by atoms with van der Waals surface area (Å²) in [5.74, 6) is -0.948. The lowest BCUT2D eigenvalue weighted by Crippen LogP contribution is -2.36. The molecular weight excluding hydrogens is 234 g/mol. The lowest BCUT2D eigenvalue weighted by Gasteiger charge is -2.20. The van der Waals surface area contributed by atoms with Crippen LogP contribution in [-0.4, -0.2) is 15.5 Å². The minimum Gasteiger partial charge on any atom is -0.479 e. The number of nitrogens with one attached hydrogen (secondary N) is 1. The molecule has 1 unspecified atom stereocenters. The van der Waals surface area contributed by atoms with Crippen LogP contribution in [0.15, 0.2) is 30.3 Å². The molecule has 4 heteroatoms. The first-order valence-corrected chi connectivity index (χ1v) is 4.57. The fraction of sp³-hybridized carbons (Fsp3) is 0.222. The van der Waals surface area contributed by atoms with Crippen LogP contribution >= 0.6 is 15.9 Å². The van der Waals surface area contributed by atoms with Gasteiger partial charge in [0.15, 0.2) is 4.45 Å². The fourth-order valence-corrected chi connectivity index (χ4v) is 1.07. The first-order valence-electron chi connectivity index (χ1n) is 3.78. The zero-order valence-corrected chi connectivity index (χ0v) is 8.71. The quantitative estimate of drug-likeness (QED) is 0.633. The summed E-state index contributed by atoms with van der Waals surface area (Å²) in [7, 11) is 0. The van der Waals surface area contributed by atoms with Crippen molar-refractivity contribution in [2.45, 2.75) is 11.4 Å². The molecule has 0 heterocycles. The first-order chi connectivity index (χ1) is 6.02. The van der Waals surface area contributed by atoms with E-state index in [1.54, 1.807) is 6.92 Å². The van der Waals surface area contributed by atoms with E-state index in [9.17, 15) is 4.79 Å². The van der Waals surface area contributed by atoms with Crippen LogP contribution in [-0.2, 0) is 4.79 Å². The molecule has 2 N–H and O–H groups in total. The molecule has 0 aliphatic rings. The Labute approximate surface area is 84.9 Å². The Bertz CT molecular complexity index is 298. The third-order valence-electron chi connectivity index (χ3n) is 1.55. The van der Waals surface area contributed by atoms with Crippen LogP contribution in [0.3, 0.4) is 0 Å². The van der Waals surface area contributed by atoms with Gasteiger partial charge in [-0.15, -0.1) is 0 Å². The maximum absolute atomic E-state index is 10.7. The third-order valence-corrected chi connectivity index (χ3v) is 2.09. The normalized spacial score (nSPS) is 14.6. The maximum atomic E-state index is 10.7. The van der Waals surface area contributed by atoms with Crippen molar-refractivity contribution in [1.82, 2.24) is 0 Å². The van der Waals surface area contributed by atoms with Crippen LogP contribution in [0, 0.1) is 0 Å². The van der Waals surface area contributed by atoms with Crippen LogP contribution in [0.2, 0.25) is 0 Å². The number of carbonyl (C=O) groups is 1. The lowest BCUT2D eigenvalue weighted by atomic mass is 10.2. The summed E-state index contributed by atoms with van der Waals surface area (Å²) in [6, 6.07) is 9.17. The van der Waals surface area contributed by atoms with Gasteiger partial charge in [0, 0.05) is 5.69 Å². The van der Waals surface area contributed by atoms with Crippen molar-refractivity contribution < 1.29 is 9.90 Å². The number of hydrogen-bond donors (Lipinski definition) is 2. The predicted molar refractivity (Wildman–Crippen MR) is 55.0 cm³/mol. The molecule has 1 aromatic carbocycles. The molecule has 0 bridgehead atoms. The molecule has 0 radical (unpaired) electrons. The van der Waals surface area contributed by atoms with Crippen LogP contribution in [0.25, 0.3) is 0 Å². The molecule has 3 nitrogen and oxygen atoms in total. The van der Waals surface area contributed by atoms with Crippen molar-refractivity contribution in [1.29, 1.82) is 0 Å². The van der Waals surface area contributed by atoms with Gasteiger partial charge in [0.05, 0.1) is 0 Å². The van der Waals surface area contributed by atoms with Gasteiger partial charge >= 0.3 is 5.97 Å². The molecule has 13 heavy (non-hydrogen) atoms. The highest BCUT2D eigenvalue weighted by Crippen LogP contribution is 2.20. The van der Waals surface area contributed by atoms with Crippen LogP contribution < -0.4 is 5.32 Å². The number of aliphatic carboxylic acids is 1. The highest BCUT2D eigenvalue weighted by molar-refractivity contribution is 9.10. The topological polar surface area (TPSA) is 49.3 Å². The van der Waals surface area contributed by atoms with Crippen molar-refractivity contribution >= 4 is 27.6 Å². The van der Waals surface area contributed by atoms with Crippen molar-refractivity contribution in [2.24, 2.45) is 0 Å². The zero-order chi connectivity index (χ0) is 9.90. The molecule has 0 aliphatic heterocycles. The van der Waals surface area contributed by atoms with E-state index in [2.05, 4.69) is 21.2 Å². The molecule has 0 saturated carbocycles. The Hall–Kier alpha value is -1.03. The minimum atomic E-state index is -1.12. The van der Waals surface area contributed by atoms with E-state index in [0.717, 1.165) is 5.69 Å². The van der Waals surface area contributed by atoms with Gasteiger partial charge in [-0.25, -0.2) is 4.79 Å². The Morgan fingerprint density at radius 3 is 2.46 bits per heavy atom. The Balaban J connectivity index is 2.75. The smallest absolute Gasteiger partial charge is 0.340 e. The summed E-state index contributed by atoms with van der Waals surface area (Å²) < 4.78 is -1.12. The monoisotopic (exact) mass is 243 g/mol. The standard InChI is InChI=1S/C9H10BrNO2/c1-9(10,8(12)13)11-7-5-3-2-4-6-7/h2-6,11H,1H3,(H,12,13). The van der Waals surface area contributed by atoms with Gasteiger partial charge < -0.3 is 10.4 Å². The van der Waals surface area contributed by atoms with E-state index >= 15 is 0 Å². The van der Waals surface area contributed by atoms with Gasteiger partial charge in [0.1, 0.15) is 0 Å². The SMILES string of the molecule is CC(Br)(Nc1ccccc1)C(=O)O. The number of benzene rings is 1. The van der Waals surface area contributed by atoms with Gasteiger partial charge in [0.25, 0.3) is 0 Å². The highest BCUT2D eigenvalue weighted by Gasteiger charge is 2.28. The minimum absolute atomic E-state index is 0.768. The summed E-state index contributed by atoms with van der Waals surface area (Å²) >= 11 is 3.07. The van der Waals surface area contributed by atoms with Gasteiger partial charge in [-0.05, 0) is 35.0 Å². The molecule has 0 fully saturated rings. The molecule has 0 aliphatic carbocycles. The van der Waals surface area contributed by atoms with Crippen molar-refractivity contribution in [2.75, 3.05) is 5.32 Å². The number of alkyl halides is 1. The van der Waals surface area contributed by atoms with Crippen molar-refractivity contribution in [3.05, 3.63) is 30.3 Å². The lowest BCUT2D eigenvalue weighted by molar-refractivity contribution is -0.138. The van der Waals surface area contributed by atoms with Crippen LogP contribution in [0.5, 0.6) is 0 Å². The summed E-state index contributed by atoms with van der Waals surface area (Å²) in [6.07, 6.45) is 0. The molecule has 1 aromatic rings. The number of carboxylic acids is 1. The second kappa shape index (κ2) is 3.79. The molecule has 0 amide bonds. The van der Waals surface area contributed by atoms with Gasteiger partial charge in [-0.1, -0.05) is 18.2 Å².